The van der Waals surface area contributed by atoms with Crippen molar-refractivity contribution in [2.75, 3.05) is 7.11 Å². The molecule has 0 spiro atoms. The van der Waals surface area contributed by atoms with E-state index in [1.54, 1.807) is 13.2 Å². The summed E-state index contributed by atoms with van der Waals surface area (Å²) in [5, 5.41) is 1.14. The summed E-state index contributed by atoms with van der Waals surface area (Å²) in [4.78, 5) is 12.6. The summed E-state index contributed by atoms with van der Waals surface area (Å²) in [6, 6.07) is 1.70. The van der Waals surface area contributed by atoms with Crippen LogP contribution in [0.4, 0.5) is 0 Å². The van der Waals surface area contributed by atoms with Gasteiger partial charge in [-0.1, -0.05) is 11.6 Å². The molecule has 0 N–H and O–H groups in total. The van der Waals surface area contributed by atoms with Crippen LogP contribution in [-0.4, -0.2) is 26.4 Å². The normalized spacial score (nSPS) is 10.8. The monoisotopic (exact) mass is 288 g/mol. The highest BCUT2D eigenvalue weighted by atomic mass is 35.5. The van der Waals surface area contributed by atoms with Crippen molar-refractivity contribution in [1.29, 1.82) is 0 Å². The molecular formula is C9H9ClN4OS2. The quantitative estimate of drug-likeness (QED) is 0.806. The molecule has 0 bridgehead atoms. The minimum Gasteiger partial charge on any atom is -0.377 e. The van der Waals surface area contributed by atoms with Gasteiger partial charge in [0.15, 0.2) is 10.2 Å². The summed E-state index contributed by atoms with van der Waals surface area (Å²) < 4.78 is 9.91. The van der Waals surface area contributed by atoms with Gasteiger partial charge in [0.05, 0.1) is 0 Å². The topological polar surface area (TPSA) is 60.8 Å². The van der Waals surface area contributed by atoms with Crippen molar-refractivity contribution in [2.24, 2.45) is 0 Å². The van der Waals surface area contributed by atoms with E-state index in [1.807, 2.05) is 6.92 Å². The number of rotatable bonds is 4. The van der Waals surface area contributed by atoms with E-state index in [0.29, 0.717) is 17.6 Å². The zero-order chi connectivity index (χ0) is 12.3. The van der Waals surface area contributed by atoms with Crippen LogP contribution >= 0.6 is 34.9 Å². The van der Waals surface area contributed by atoms with Gasteiger partial charge in [-0.15, -0.1) is 0 Å². The summed E-state index contributed by atoms with van der Waals surface area (Å²) in [6.45, 7) is 2.19. The van der Waals surface area contributed by atoms with E-state index in [0.717, 1.165) is 15.2 Å². The van der Waals surface area contributed by atoms with Gasteiger partial charge >= 0.3 is 0 Å². The van der Waals surface area contributed by atoms with Crippen molar-refractivity contribution in [3.05, 3.63) is 22.9 Å². The second-order valence-electron chi connectivity index (χ2n) is 3.09. The molecule has 0 saturated heterocycles. The Balaban J connectivity index is 2.20. The molecule has 90 valence electrons. The largest absolute Gasteiger partial charge is 0.377 e. The molecule has 0 unspecified atom stereocenters. The molecule has 2 aromatic heterocycles. The smallest absolute Gasteiger partial charge is 0.176 e. The molecule has 2 aromatic rings. The molecule has 2 heterocycles. The van der Waals surface area contributed by atoms with Crippen LogP contribution in [-0.2, 0) is 11.3 Å². The summed E-state index contributed by atoms with van der Waals surface area (Å²) in [5.41, 5.74) is 0. The maximum absolute atomic E-state index is 5.90. The Morgan fingerprint density at radius 2 is 2.24 bits per heavy atom. The van der Waals surface area contributed by atoms with Gasteiger partial charge in [-0.05, 0) is 30.2 Å². The lowest BCUT2D eigenvalue weighted by atomic mass is 10.6. The van der Waals surface area contributed by atoms with E-state index in [9.17, 15) is 0 Å². The van der Waals surface area contributed by atoms with Crippen LogP contribution < -0.4 is 0 Å². The average molecular weight is 289 g/mol. The number of hydrogen-bond acceptors (Lipinski definition) is 7. The lowest BCUT2D eigenvalue weighted by Gasteiger charge is -2.02. The molecule has 0 radical (unpaired) electrons. The maximum atomic E-state index is 5.90. The van der Waals surface area contributed by atoms with Crippen LogP contribution in [0.25, 0.3) is 0 Å². The first kappa shape index (κ1) is 12.7. The van der Waals surface area contributed by atoms with Gasteiger partial charge in [-0.2, -0.15) is 4.37 Å². The van der Waals surface area contributed by atoms with Gasteiger partial charge in [0.2, 0.25) is 0 Å². The molecule has 0 aliphatic heterocycles. The predicted molar refractivity (Wildman–Crippen MR) is 66.5 cm³/mol. The average Bonchev–Trinajstić information content (AvgIpc) is 2.63. The van der Waals surface area contributed by atoms with Crippen molar-refractivity contribution in [2.45, 2.75) is 22.9 Å². The summed E-state index contributed by atoms with van der Waals surface area (Å²) in [5.74, 6) is 1.32. The SMILES string of the molecule is COCc1nc(Cl)cc(Sc2nc(C)ns2)n1. The Bertz CT molecular complexity index is 519. The molecule has 17 heavy (non-hydrogen) atoms. The number of methoxy groups -OCH3 is 1. The molecule has 0 saturated carbocycles. The van der Waals surface area contributed by atoms with E-state index in [-0.39, 0.29) is 0 Å². The fourth-order valence-electron chi connectivity index (χ4n) is 1.10. The Morgan fingerprint density at radius 1 is 1.41 bits per heavy atom. The first-order valence-electron chi connectivity index (χ1n) is 4.68. The third-order valence-corrected chi connectivity index (χ3v) is 3.65. The molecule has 0 amide bonds. The molecular weight excluding hydrogens is 280 g/mol. The Hall–Kier alpha value is -0.760. The number of aryl methyl sites for hydroxylation is 1. The Kier molecular flexibility index (Phi) is 4.27. The fraction of sp³-hybridized carbons (Fsp3) is 0.333. The Morgan fingerprint density at radius 3 is 2.88 bits per heavy atom. The second kappa shape index (κ2) is 5.72. The Labute approximate surface area is 112 Å². The van der Waals surface area contributed by atoms with E-state index in [1.165, 1.54) is 23.3 Å². The summed E-state index contributed by atoms with van der Waals surface area (Å²) in [7, 11) is 1.59. The molecule has 8 heteroatoms. The maximum Gasteiger partial charge on any atom is 0.176 e. The van der Waals surface area contributed by atoms with Gasteiger partial charge in [-0.25, -0.2) is 15.0 Å². The molecule has 5 nitrogen and oxygen atoms in total. The van der Waals surface area contributed by atoms with Gasteiger partial charge < -0.3 is 4.74 Å². The highest BCUT2D eigenvalue weighted by Crippen LogP contribution is 2.28. The third-order valence-electron chi connectivity index (χ3n) is 1.69. The highest BCUT2D eigenvalue weighted by Gasteiger charge is 2.08. The lowest BCUT2D eigenvalue weighted by Crippen LogP contribution is -1.98. The first-order valence-corrected chi connectivity index (χ1v) is 6.64. The number of halogens is 1. The van der Waals surface area contributed by atoms with Crippen molar-refractivity contribution < 1.29 is 4.74 Å². The van der Waals surface area contributed by atoms with E-state index in [2.05, 4.69) is 19.3 Å². The van der Waals surface area contributed by atoms with Gasteiger partial charge in [0.25, 0.3) is 0 Å². The minimum atomic E-state index is 0.337. The van der Waals surface area contributed by atoms with Gasteiger partial charge in [0, 0.05) is 13.2 Å². The first-order chi connectivity index (χ1) is 8.17. The van der Waals surface area contributed by atoms with E-state index in [4.69, 9.17) is 16.3 Å². The van der Waals surface area contributed by atoms with Crippen molar-refractivity contribution >= 4 is 34.9 Å². The second-order valence-corrected chi connectivity index (χ2v) is 5.49. The number of nitrogens with zero attached hydrogens (tertiary/aromatic N) is 4. The van der Waals surface area contributed by atoms with Gasteiger partial charge in [-0.3, -0.25) is 0 Å². The van der Waals surface area contributed by atoms with Crippen molar-refractivity contribution in [3.8, 4) is 0 Å². The summed E-state index contributed by atoms with van der Waals surface area (Å²) in [6.07, 6.45) is 0. The third kappa shape index (κ3) is 3.60. The molecule has 0 aliphatic carbocycles. The standard InChI is InChI=1S/C9H9ClN4OS2/c1-5-11-9(17-14-5)16-8-3-6(10)12-7(13-8)4-15-2/h3H,4H2,1-2H3. The molecule has 0 fully saturated rings. The molecule has 2 rings (SSSR count). The van der Waals surface area contributed by atoms with Crippen LogP contribution in [0.1, 0.15) is 11.6 Å². The minimum absolute atomic E-state index is 0.337. The number of ether oxygens (including phenoxy) is 1. The van der Waals surface area contributed by atoms with Crippen LogP contribution in [0.3, 0.4) is 0 Å². The molecule has 0 aromatic carbocycles. The predicted octanol–water partition coefficient (Wildman–Crippen LogP) is 2.59. The van der Waals surface area contributed by atoms with Crippen LogP contribution in [0.2, 0.25) is 5.15 Å². The van der Waals surface area contributed by atoms with Crippen LogP contribution in [0, 0.1) is 6.92 Å². The number of aromatic nitrogens is 4. The fourth-order valence-corrected chi connectivity index (χ4v) is 2.98. The zero-order valence-corrected chi connectivity index (χ0v) is 11.6. The van der Waals surface area contributed by atoms with Crippen LogP contribution in [0.15, 0.2) is 15.4 Å². The number of hydrogen-bond donors (Lipinski definition) is 0. The van der Waals surface area contributed by atoms with E-state index >= 15 is 0 Å². The van der Waals surface area contributed by atoms with Crippen LogP contribution in [0.5, 0.6) is 0 Å². The molecule has 0 atom stereocenters. The van der Waals surface area contributed by atoms with Crippen molar-refractivity contribution in [3.63, 3.8) is 0 Å². The van der Waals surface area contributed by atoms with Gasteiger partial charge in [0.1, 0.15) is 22.6 Å². The highest BCUT2D eigenvalue weighted by molar-refractivity contribution is 8.00. The van der Waals surface area contributed by atoms with Crippen molar-refractivity contribution in [1.82, 2.24) is 19.3 Å². The lowest BCUT2D eigenvalue weighted by molar-refractivity contribution is 0.177. The molecule has 0 aliphatic rings. The van der Waals surface area contributed by atoms with E-state index < -0.39 is 0 Å². The zero-order valence-electron chi connectivity index (χ0n) is 9.18. The summed E-state index contributed by atoms with van der Waals surface area (Å²) >= 11 is 8.66.